The van der Waals surface area contributed by atoms with Crippen LogP contribution in [0.4, 0.5) is 17.1 Å². The second-order valence-electron chi connectivity index (χ2n) is 13.8. The molecule has 46 heavy (non-hydrogen) atoms. The maximum Gasteiger partial charge on any atom is 0.128 e. The number of phenols is 2. The molecule has 0 amide bonds. The summed E-state index contributed by atoms with van der Waals surface area (Å²) in [5, 5.41) is 21.7. The summed E-state index contributed by atoms with van der Waals surface area (Å²) in [6.45, 7) is 12.5. The normalized spacial score (nSPS) is 12.4. The Morgan fingerprint density at radius 2 is 0.870 bits per heavy atom. The van der Waals surface area contributed by atoms with E-state index in [2.05, 4.69) is 87.9 Å². The summed E-state index contributed by atoms with van der Waals surface area (Å²) in [6.07, 6.45) is 3.44. The van der Waals surface area contributed by atoms with Crippen molar-refractivity contribution < 1.29 is 10.2 Å². The summed E-state index contributed by atoms with van der Waals surface area (Å²) in [5.74, 6) is 0.500. The molecule has 0 saturated heterocycles. The summed E-state index contributed by atoms with van der Waals surface area (Å²) in [7, 11) is 0. The van der Waals surface area contributed by atoms with Gasteiger partial charge in [0, 0.05) is 35.2 Å². The summed E-state index contributed by atoms with van der Waals surface area (Å²) in [4.78, 5) is 9.33. The van der Waals surface area contributed by atoms with E-state index in [0.29, 0.717) is 11.1 Å². The summed E-state index contributed by atoms with van der Waals surface area (Å²) < 4.78 is 0. The van der Waals surface area contributed by atoms with Gasteiger partial charge >= 0.3 is 0 Å². The minimum atomic E-state index is -0.168. The van der Waals surface area contributed by atoms with E-state index in [-0.39, 0.29) is 28.2 Å². The van der Waals surface area contributed by atoms with E-state index in [0.717, 1.165) is 44.9 Å². The molecule has 5 rings (SSSR count). The Morgan fingerprint density at radius 3 is 1.22 bits per heavy atom. The topological polar surface area (TPSA) is 91.2 Å². The second-order valence-corrected chi connectivity index (χ2v) is 13.8. The first-order valence-electron chi connectivity index (χ1n) is 15.6. The quantitative estimate of drug-likeness (QED) is 0.0974. The Hall–Kier alpha value is -5.16. The first-order valence-corrected chi connectivity index (χ1v) is 15.6. The number of nitrogens with two attached hydrogens (primary N) is 1. The van der Waals surface area contributed by atoms with Gasteiger partial charge < -0.3 is 15.9 Å². The molecule has 0 bridgehead atoms. The molecule has 0 aliphatic rings. The smallest absolute Gasteiger partial charge is 0.128 e. The monoisotopic (exact) mass is 609 g/mol. The van der Waals surface area contributed by atoms with Gasteiger partial charge in [0.15, 0.2) is 0 Å². The van der Waals surface area contributed by atoms with E-state index < -0.39 is 0 Å². The average molecular weight is 610 g/mol. The molecule has 0 fully saturated rings. The number of hydrogen-bond donors (Lipinski definition) is 3. The largest absolute Gasteiger partial charge is 0.507 e. The van der Waals surface area contributed by atoms with Crippen LogP contribution in [-0.4, -0.2) is 22.6 Å². The summed E-state index contributed by atoms with van der Waals surface area (Å²) in [5.41, 5.74) is 14.5. The van der Waals surface area contributed by atoms with Crippen molar-refractivity contribution in [3.05, 3.63) is 148 Å². The predicted octanol–water partition coefficient (Wildman–Crippen LogP) is 9.96. The van der Waals surface area contributed by atoms with Gasteiger partial charge in [0.25, 0.3) is 0 Å². The molecule has 0 aromatic heterocycles. The highest BCUT2D eigenvalue weighted by Gasteiger charge is 2.21. The number of rotatable bonds is 7. The molecule has 5 heteroatoms. The molecular formula is C41H43N3O2. The maximum atomic E-state index is 10.8. The number of nitrogen functional groups attached to an aromatic ring is 1. The highest BCUT2D eigenvalue weighted by molar-refractivity contribution is 5.87. The molecule has 0 saturated carbocycles. The Morgan fingerprint density at radius 1 is 0.522 bits per heavy atom. The number of nitrogens with zero attached hydrogens (tertiary/aromatic N) is 2. The average Bonchev–Trinajstić information content (AvgIpc) is 3.01. The zero-order valence-corrected chi connectivity index (χ0v) is 27.5. The second kappa shape index (κ2) is 13.1. The molecule has 0 heterocycles. The van der Waals surface area contributed by atoms with Gasteiger partial charge in [0.1, 0.15) is 11.5 Å². The Kier molecular flexibility index (Phi) is 9.15. The summed E-state index contributed by atoms with van der Waals surface area (Å²) >= 11 is 0. The Labute approximate surface area is 272 Å². The van der Waals surface area contributed by atoms with Gasteiger partial charge in [-0.05, 0) is 87.2 Å². The lowest BCUT2D eigenvalue weighted by molar-refractivity contribution is 0.445. The van der Waals surface area contributed by atoms with Crippen molar-refractivity contribution >= 4 is 29.5 Å². The molecular weight excluding hydrogens is 566 g/mol. The summed E-state index contributed by atoms with van der Waals surface area (Å²) in [6, 6.07) is 35.9. The van der Waals surface area contributed by atoms with Crippen LogP contribution in [0.15, 0.2) is 119 Å². The fraction of sp³-hybridized carbons (Fsp3) is 0.220. The van der Waals surface area contributed by atoms with Crippen LogP contribution in [0.1, 0.15) is 86.4 Å². The van der Waals surface area contributed by atoms with Crippen molar-refractivity contribution in [2.24, 2.45) is 9.98 Å². The van der Waals surface area contributed by atoms with Gasteiger partial charge in [-0.25, -0.2) is 0 Å². The van der Waals surface area contributed by atoms with Crippen LogP contribution >= 0.6 is 0 Å². The van der Waals surface area contributed by atoms with Crippen molar-refractivity contribution in [1.82, 2.24) is 0 Å². The molecule has 5 aromatic rings. The maximum absolute atomic E-state index is 10.8. The molecule has 4 N–H and O–H groups in total. The number of hydrogen-bond acceptors (Lipinski definition) is 5. The van der Waals surface area contributed by atoms with Crippen molar-refractivity contribution in [3.8, 4) is 11.5 Å². The van der Waals surface area contributed by atoms with Crippen molar-refractivity contribution in [2.75, 3.05) is 5.73 Å². The molecule has 0 radical (unpaired) electrons. The number of anilines is 1. The van der Waals surface area contributed by atoms with Gasteiger partial charge in [-0.2, -0.15) is 0 Å². The molecule has 0 atom stereocenters. The zero-order chi connectivity index (χ0) is 33.1. The Bertz CT molecular complexity index is 1740. The highest BCUT2D eigenvalue weighted by Crippen LogP contribution is 2.36. The molecule has 0 aliphatic heterocycles. The van der Waals surface area contributed by atoms with E-state index >= 15 is 0 Å². The lowest BCUT2D eigenvalue weighted by Crippen LogP contribution is -2.11. The number of para-hydroxylation sites is 2. The van der Waals surface area contributed by atoms with Crippen LogP contribution in [-0.2, 0) is 10.8 Å². The van der Waals surface area contributed by atoms with Crippen LogP contribution in [0.5, 0.6) is 11.5 Å². The predicted molar refractivity (Wildman–Crippen MR) is 193 cm³/mol. The highest BCUT2D eigenvalue weighted by atomic mass is 16.3. The standard InChI is InChI=1S/C41H43N3O2/c1-40(2,3)35-11-7-9-30(38(35)45)25-43-33-21-15-28(16-22-33)37(27-13-19-32(42)20-14-27)29-17-23-34(24-18-29)44-26-31-10-8-12-36(39(31)46)41(4,5)6/h7-26,37,45-46H,42H2,1-6H3/b43-25+,44-26+. The fourth-order valence-corrected chi connectivity index (χ4v) is 5.60. The van der Waals surface area contributed by atoms with Crippen LogP contribution in [0.25, 0.3) is 0 Å². The lowest BCUT2D eigenvalue weighted by atomic mass is 9.85. The van der Waals surface area contributed by atoms with E-state index in [1.54, 1.807) is 12.4 Å². The minimum absolute atomic E-state index is 0.0308. The first-order chi connectivity index (χ1) is 21.8. The molecule has 0 aliphatic carbocycles. The van der Waals surface area contributed by atoms with Crippen molar-refractivity contribution in [3.63, 3.8) is 0 Å². The molecule has 0 unspecified atom stereocenters. The third kappa shape index (κ3) is 7.37. The number of phenolic OH excluding ortho intramolecular Hbond substituents is 2. The first kappa shape index (κ1) is 32.2. The zero-order valence-electron chi connectivity index (χ0n) is 27.5. The van der Waals surface area contributed by atoms with Crippen LogP contribution in [0, 0.1) is 0 Å². The number of aliphatic imine (C=N–C) groups is 2. The van der Waals surface area contributed by atoms with E-state index in [9.17, 15) is 10.2 Å². The van der Waals surface area contributed by atoms with Gasteiger partial charge in [0.05, 0.1) is 11.4 Å². The molecule has 5 nitrogen and oxygen atoms in total. The third-order valence-electron chi connectivity index (χ3n) is 8.18. The van der Waals surface area contributed by atoms with E-state index in [1.165, 1.54) is 0 Å². The fourth-order valence-electron chi connectivity index (χ4n) is 5.60. The van der Waals surface area contributed by atoms with Crippen LogP contribution in [0.3, 0.4) is 0 Å². The van der Waals surface area contributed by atoms with Crippen molar-refractivity contribution in [1.29, 1.82) is 0 Å². The van der Waals surface area contributed by atoms with Gasteiger partial charge in [-0.1, -0.05) is 102 Å². The molecule has 234 valence electrons. The van der Waals surface area contributed by atoms with Crippen molar-refractivity contribution in [2.45, 2.75) is 58.3 Å². The SMILES string of the molecule is CC(C)(C)c1cccc(/C=N/c2ccc(C(c3ccc(N)cc3)c3ccc(/N=C/c4cccc(C(C)(C)C)c4O)cc3)cc2)c1O. The van der Waals surface area contributed by atoms with Gasteiger partial charge in [-0.3, -0.25) is 9.98 Å². The lowest BCUT2D eigenvalue weighted by Gasteiger charge is -2.21. The molecule has 5 aromatic carbocycles. The third-order valence-corrected chi connectivity index (χ3v) is 8.18. The van der Waals surface area contributed by atoms with E-state index in [4.69, 9.17) is 5.73 Å². The van der Waals surface area contributed by atoms with Gasteiger partial charge in [-0.15, -0.1) is 0 Å². The number of benzene rings is 5. The minimum Gasteiger partial charge on any atom is -0.507 e. The van der Waals surface area contributed by atoms with Gasteiger partial charge in [0.2, 0.25) is 0 Å². The number of aromatic hydroxyl groups is 2. The van der Waals surface area contributed by atoms with E-state index in [1.807, 2.05) is 72.8 Å². The van der Waals surface area contributed by atoms with Crippen LogP contribution in [0.2, 0.25) is 0 Å². The molecule has 0 spiro atoms. The van der Waals surface area contributed by atoms with Crippen LogP contribution < -0.4 is 5.73 Å². The Balaban J connectivity index is 1.41.